The molecule has 0 spiro atoms. The number of allylic oxidation sites excluding steroid dienone is 1. The lowest BCUT2D eigenvalue weighted by Crippen LogP contribution is -2.30. The number of ether oxygens (including phenoxy) is 2. The van der Waals surface area contributed by atoms with Crippen LogP contribution >= 0.6 is 0 Å². The van der Waals surface area contributed by atoms with E-state index in [1.807, 2.05) is 13.8 Å². The fourth-order valence-electron chi connectivity index (χ4n) is 2.80. The van der Waals surface area contributed by atoms with Crippen molar-refractivity contribution >= 4 is 11.9 Å². The minimum absolute atomic E-state index is 0.0654. The molecule has 1 atom stereocenters. The lowest BCUT2D eigenvalue weighted by Gasteiger charge is -2.28. The van der Waals surface area contributed by atoms with Gasteiger partial charge in [-0.2, -0.15) is 10.1 Å². The first kappa shape index (κ1) is 18.1. The predicted octanol–water partition coefficient (Wildman–Crippen LogP) is 2.67. The molecular weight excluding hydrogens is 339 g/mol. The topological polar surface area (TPSA) is 78.3 Å². The molecule has 2 aromatic rings. The second-order valence-electron chi connectivity index (χ2n) is 6.20. The third-order valence-corrected chi connectivity index (χ3v) is 3.97. The lowest BCUT2D eigenvalue weighted by molar-refractivity contribution is -0.141. The summed E-state index contributed by atoms with van der Waals surface area (Å²) in [5, 5.41) is 7.26. The zero-order valence-corrected chi connectivity index (χ0v) is 14.9. The first-order chi connectivity index (χ1) is 12.5. The monoisotopic (exact) mass is 360 g/mol. The standard InChI is InChI=1S/C18H21FN4O3/c1-11(2)25-8-9-26-17(24)15-12(3)22-18-20-10-21-23(18)16(15)13-4-6-14(19)7-5-13/h4-7,10-11,16H,8-9H2,1-3H3,(H,20,21,22)/t16-/m0/s1. The number of carbonyl (C=O) groups excluding carboxylic acids is 1. The number of hydrogen-bond acceptors (Lipinski definition) is 6. The third-order valence-electron chi connectivity index (χ3n) is 3.97. The molecule has 0 unspecified atom stereocenters. The van der Waals surface area contributed by atoms with Crippen molar-refractivity contribution in [2.75, 3.05) is 18.5 Å². The number of hydrogen-bond donors (Lipinski definition) is 1. The summed E-state index contributed by atoms with van der Waals surface area (Å²) in [6.45, 7) is 6.07. The van der Waals surface area contributed by atoms with Crippen LogP contribution in [0.3, 0.4) is 0 Å². The van der Waals surface area contributed by atoms with E-state index < -0.39 is 12.0 Å². The van der Waals surface area contributed by atoms with Gasteiger partial charge in [0, 0.05) is 5.70 Å². The van der Waals surface area contributed by atoms with Crippen molar-refractivity contribution in [3.8, 4) is 0 Å². The van der Waals surface area contributed by atoms with Crippen molar-refractivity contribution in [2.45, 2.75) is 32.9 Å². The summed E-state index contributed by atoms with van der Waals surface area (Å²) in [6.07, 6.45) is 1.47. The molecule has 3 rings (SSSR count). The maximum absolute atomic E-state index is 13.3. The summed E-state index contributed by atoms with van der Waals surface area (Å²) in [4.78, 5) is 16.9. The molecule has 26 heavy (non-hydrogen) atoms. The lowest BCUT2D eigenvalue weighted by atomic mass is 9.96. The van der Waals surface area contributed by atoms with Gasteiger partial charge in [0.05, 0.1) is 18.3 Å². The van der Waals surface area contributed by atoms with Crippen LogP contribution in [-0.2, 0) is 14.3 Å². The number of benzene rings is 1. The first-order valence-electron chi connectivity index (χ1n) is 8.39. The number of halogens is 1. The second-order valence-corrected chi connectivity index (χ2v) is 6.20. The number of aromatic nitrogens is 3. The summed E-state index contributed by atoms with van der Waals surface area (Å²) in [5.74, 6) is -0.313. The van der Waals surface area contributed by atoms with E-state index in [4.69, 9.17) is 9.47 Å². The summed E-state index contributed by atoms with van der Waals surface area (Å²) < 4.78 is 25.7. The maximum Gasteiger partial charge on any atom is 0.338 e. The average Bonchev–Trinajstić information content (AvgIpc) is 3.06. The van der Waals surface area contributed by atoms with E-state index in [0.29, 0.717) is 29.4 Å². The van der Waals surface area contributed by atoms with Gasteiger partial charge < -0.3 is 14.8 Å². The van der Waals surface area contributed by atoms with Crippen LogP contribution in [-0.4, -0.2) is 40.1 Å². The normalized spacial score (nSPS) is 16.4. The fourth-order valence-corrected chi connectivity index (χ4v) is 2.80. The molecule has 138 valence electrons. The predicted molar refractivity (Wildman–Crippen MR) is 92.9 cm³/mol. The Morgan fingerprint density at radius 3 is 2.73 bits per heavy atom. The zero-order valence-electron chi connectivity index (χ0n) is 14.9. The molecular formula is C18H21FN4O3. The number of nitrogens with zero attached hydrogens (tertiary/aromatic N) is 3. The molecule has 8 heteroatoms. The van der Waals surface area contributed by atoms with Gasteiger partial charge in [-0.05, 0) is 38.5 Å². The molecule has 1 N–H and O–H groups in total. The Morgan fingerprint density at radius 1 is 1.31 bits per heavy atom. The quantitative estimate of drug-likeness (QED) is 0.630. The van der Waals surface area contributed by atoms with Crippen molar-refractivity contribution in [1.82, 2.24) is 14.8 Å². The Bertz CT molecular complexity index is 814. The van der Waals surface area contributed by atoms with Gasteiger partial charge in [-0.25, -0.2) is 13.9 Å². The minimum Gasteiger partial charge on any atom is -0.460 e. The van der Waals surface area contributed by atoms with Crippen molar-refractivity contribution in [2.24, 2.45) is 0 Å². The van der Waals surface area contributed by atoms with Crippen molar-refractivity contribution < 1.29 is 18.7 Å². The zero-order chi connectivity index (χ0) is 18.7. The highest BCUT2D eigenvalue weighted by Gasteiger charge is 2.34. The highest BCUT2D eigenvalue weighted by atomic mass is 19.1. The fraction of sp³-hybridized carbons (Fsp3) is 0.389. The van der Waals surface area contributed by atoms with Crippen molar-refractivity contribution in [1.29, 1.82) is 0 Å². The Kier molecular flexibility index (Phi) is 5.32. The first-order valence-corrected chi connectivity index (χ1v) is 8.39. The van der Waals surface area contributed by atoms with Crippen LogP contribution in [0.25, 0.3) is 0 Å². The van der Waals surface area contributed by atoms with Gasteiger partial charge in [-0.15, -0.1) is 0 Å². The maximum atomic E-state index is 13.3. The number of fused-ring (bicyclic) bond motifs is 1. The smallest absolute Gasteiger partial charge is 0.338 e. The Balaban J connectivity index is 1.88. The number of esters is 1. The van der Waals surface area contributed by atoms with Crippen LogP contribution in [0.4, 0.5) is 10.3 Å². The second kappa shape index (κ2) is 7.65. The molecule has 1 aromatic heterocycles. The summed E-state index contributed by atoms with van der Waals surface area (Å²) in [6, 6.07) is 5.40. The molecule has 0 bridgehead atoms. The van der Waals surface area contributed by atoms with E-state index in [1.165, 1.54) is 18.5 Å². The van der Waals surface area contributed by atoms with Gasteiger partial charge in [0.2, 0.25) is 5.95 Å². The molecule has 0 fully saturated rings. The Labute approximate surface area is 150 Å². The largest absolute Gasteiger partial charge is 0.460 e. The van der Waals surface area contributed by atoms with E-state index >= 15 is 0 Å². The van der Waals surface area contributed by atoms with Crippen LogP contribution < -0.4 is 5.32 Å². The SMILES string of the molecule is CC1=C(C(=O)OCCOC(C)C)[C@H](c2ccc(F)cc2)n2ncnc2N1. The van der Waals surface area contributed by atoms with Crippen molar-refractivity contribution in [3.05, 3.63) is 53.2 Å². The average molecular weight is 360 g/mol. The van der Waals surface area contributed by atoms with E-state index in [2.05, 4.69) is 15.4 Å². The Morgan fingerprint density at radius 2 is 2.04 bits per heavy atom. The number of nitrogens with one attached hydrogen (secondary N) is 1. The van der Waals surface area contributed by atoms with Gasteiger partial charge in [-0.3, -0.25) is 0 Å². The van der Waals surface area contributed by atoms with Gasteiger partial charge >= 0.3 is 5.97 Å². The van der Waals surface area contributed by atoms with E-state index in [0.717, 1.165) is 0 Å². The molecule has 0 aliphatic carbocycles. The molecule has 2 heterocycles. The molecule has 7 nitrogen and oxygen atoms in total. The Hall–Kier alpha value is -2.74. The summed E-state index contributed by atoms with van der Waals surface area (Å²) in [7, 11) is 0. The number of carbonyl (C=O) groups is 1. The minimum atomic E-state index is -0.548. The van der Waals surface area contributed by atoms with Crippen LogP contribution in [0.5, 0.6) is 0 Å². The molecule has 0 saturated heterocycles. The highest BCUT2D eigenvalue weighted by Crippen LogP contribution is 2.35. The molecule has 1 aliphatic rings. The van der Waals surface area contributed by atoms with Gasteiger partial charge in [0.1, 0.15) is 24.8 Å². The number of rotatable bonds is 6. The van der Waals surface area contributed by atoms with Gasteiger partial charge in [0.15, 0.2) is 0 Å². The summed E-state index contributed by atoms with van der Waals surface area (Å²) in [5.41, 5.74) is 1.73. The molecule has 0 saturated carbocycles. The molecule has 1 aromatic carbocycles. The van der Waals surface area contributed by atoms with E-state index in [-0.39, 0.29) is 18.5 Å². The van der Waals surface area contributed by atoms with E-state index in [9.17, 15) is 9.18 Å². The third kappa shape index (κ3) is 3.75. The molecule has 0 amide bonds. The van der Waals surface area contributed by atoms with Crippen LogP contribution in [0.15, 0.2) is 41.9 Å². The van der Waals surface area contributed by atoms with Crippen LogP contribution in [0, 0.1) is 5.82 Å². The molecule has 0 radical (unpaired) electrons. The number of anilines is 1. The molecule has 1 aliphatic heterocycles. The van der Waals surface area contributed by atoms with Crippen molar-refractivity contribution in [3.63, 3.8) is 0 Å². The summed E-state index contributed by atoms with van der Waals surface area (Å²) >= 11 is 0. The van der Waals surface area contributed by atoms with Crippen LogP contribution in [0.1, 0.15) is 32.4 Å². The van der Waals surface area contributed by atoms with Crippen LogP contribution in [0.2, 0.25) is 0 Å². The van der Waals surface area contributed by atoms with Gasteiger partial charge in [0.25, 0.3) is 0 Å². The van der Waals surface area contributed by atoms with Gasteiger partial charge in [-0.1, -0.05) is 12.1 Å². The highest BCUT2D eigenvalue weighted by molar-refractivity contribution is 5.92. The van der Waals surface area contributed by atoms with E-state index in [1.54, 1.807) is 23.7 Å².